The summed E-state index contributed by atoms with van der Waals surface area (Å²) in [7, 11) is 0. The molecule has 2 aromatic rings. The highest BCUT2D eigenvalue weighted by atomic mass is 16.4. The van der Waals surface area contributed by atoms with Crippen LogP contribution in [0, 0.1) is 5.41 Å². The Balaban J connectivity index is 1.76. The summed E-state index contributed by atoms with van der Waals surface area (Å²) in [6.07, 6.45) is 7.44. The van der Waals surface area contributed by atoms with Crippen molar-refractivity contribution in [1.29, 1.82) is 0 Å². The van der Waals surface area contributed by atoms with Crippen LogP contribution in [0.15, 0.2) is 24.8 Å². The first-order chi connectivity index (χ1) is 9.12. The monoisotopic (exact) mass is 260 g/mol. The molecule has 0 aromatic carbocycles. The van der Waals surface area contributed by atoms with Crippen LogP contribution in [0.2, 0.25) is 0 Å². The van der Waals surface area contributed by atoms with Gasteiger partial charge in [0.25, 0.3) is 5.91 Å². The highest BCUT2D eigenvalue weighted by Gasteiger charge is 2.50. The van der Waals surface area contributed by atoms with E-state index in [1.165, 1.54) is 6.20 Å². The van der Waals surface area contributed by atoms with E-state index in [1.54, 1.807) is 23.1 Å². The maximum atomic E-state index is 12.0. The zero-order valence-corrected chi connectivity index (χ0v) is 10.0. The lowest BCUT2D eigenvalue weighted by Crippen LogP contribution is -2.34. The van der Waals surface area contributed by atoms with Gasteiger partial charge in [-0.15, -0.1) is 0 Å². The molecular formula is C12H12N4O3. The average molecular weight is 260 g/mol. The van der Waals surface area contributed by atoms with Gasteiger partial charge in [-0.05, 0) is 12.8 Å². The number of fused-ring (bicyclic) bond motifs is 1. The van der Waals surface area contributed by atoms with Crippen LogP contribution in [-0.4, -0.2) is 38.1 Å². The number of carboxylic acids is 1. The largest absolute Gasteiger partial charge is 0.481 e. The van der Waals surface area contributed by atoms with Crippen LogP contribution >= 0.6 is 0 Å². The number of carbonyl (C=O) groups excluding carboxylic acids is 1. The molecule has 0 spiro atoms. The number of nitrogens with one attached hydrogen (secondary N) is 1. The molecular weight excluding hydrogens is 248 g/mol. The van der Waals surface area contributed by atoms with Gasteiger partial charge >= 0.3 is 5.97 Å². The molecule has 0 bridgehead atoms. The smallest absolute Gasteiger partial charge is 0.311 e. The number of rotatable bonds is 4. The molecule has 0 atom stereocenters. The van der Waals surface area contributed by atoms with Gasteiger partial charge in [-0.25, -0.2) is 4.52 Å². The van der Waals surface area contributed by atoms with E-state index in [-0.39, 0.29) is 12.5 Å². The highest BCUT2D eigenvalue weighted by molar-refractivity contribution is 6.00. The molecule has 1 saturated carbocycles. The lowest BCUT2D eigenvalue weighted by molar-refractivity contribution is -0.143. The molecule has 1 aliphatic carbocycles. The molecule has 7 heteroatoms. The summed E-state index contributed by atoms with van der Waals surface area (Å²) in [5, 5.41) is 15.7. The van der Waals surface area contributed by atoms with Gasteiger partial charge in [-0.3, -0.25) is 14.6 Å². The molecule has 1 aliphatic rings. The van der Waals surface area contributed by atoms with Crippen LogP contribution in [0.5, 0.6) is 0 Å². The predicted octanol–water partition coefficient (Wildman–Crippen LogP) is 0.324. The summed E-state index contributed by atoms with van der Waals surface area (Å²) in [6.45, 7) is 0.152. The predicted molar refractivity (Wildman–Crippen MR) is 64.6 cm³/mol. The lowest BCUT2D eigenvalue weighted by atomic mass is 10.1. The van der Waals surface area contributed by atoms with Crippen molar-refractivity contribution in [2.45, 2.75) is 12.8 Å². The maximum Gasteiger partial charge on any atom is 0.311 e. The van der Waals surface area contributed by atoms with Crippen molar-refractivity contribution >= 4 is 17.4 Å². The Morgan fingerprint density at radius 1 is 1.42 bits per heavy atom. The van der Waals surface area contributed by atoms with E-state index >= 15 is 0 Å². The van der Waals surface area contributed by atoms with Crippen LogP contribution in [-0.2, 0) is 4.79 Å². The van der Waals surface area contributed by atoms with Crippen molar-refractivity contribution in [3.63, 3.8) is 0 Å². The van der Waals surface area contributed by atoms with Crippen molar-refractivity contribution in [2.75, 3.05) is 6.54 Å². The van der Waals surface area contributed by atoms with Crippen LogP contribution in [0.4, 0.5) is 0 Å². The van der Waals surface area contributed by atoms with Gasteiger partial charge in [0.15, 0.2) is 0 Å². The highest BCUT2D eigenvalue weighted by Crippen LogP contribution is 2.45. The molecule has 3 rings (SSSR count). The molecule has 7 nitrogen and oxygen atoms in total. The number of aliphatic carboxylic acids is 1. The molecule has 19 heavy (non-hydrogen) atoms. The maximum absolute atomic E-state index is 12.0. The molecule has 1 amide bonds. The minimum absolute atomic E-state index is 0.152. The zero-order valence-electron chi connectivity index (χ0n) is 10.0. The van der Waals surface area contributed by atoms with E-state index in [0.717, 1.165) is 0 Å². The van der Waals surface area contributed by atoms with Crippen LogP contribution in [0.3, 0.4) is 0 Å². The van der Waals surface area contributed by atoms with Gasteiger partial charge in [-0.1, -0.05) is 0 Å². The fourth-order valence-electron chi connectivity index (χ4n) is 1.97. The van der Waals surface area contributed by atoms with Gasteiger partial charge < -0.3 is 10.4 Å². The molecule has 0 saturated heterocycles. The van der Waals surface area contributed by atoms with Crippen molar-refractivity contribution in [3.8, 4) is 0 Å². The third-order valence-corrected chi connectivity index (χ3v) is 3.46. The third-order valence-electron chi connectivity index (χ3n) is 3.46. The minimum atomic E-state index is -0.852. The van der Waals surface area contributed by atoms with Gasteiger partial charge in [0.2, 0.25) is 0 Å². The Morgan fingerprint density at radius 2 is 2.21 bits per heavy atom. The van der Waals surface area contributed by atoms with Crippen molar-refractivity contribution < 1.29 is 14.7 Å². The molecule has 0 radical (unpaired) electrons. The number of amides is 1. The first kappa shape index (κ1) is 11.6. The first-order valence-corrected chi connectivity index (χ1v) is 5.91. The quantitative estimate of drug-likeness (QED) is 0.825. The Kier molecular flexibility index (Phi) is 2.48. The number of hydrogen-bond donors (Lipinski definition) is 2. The first-order valence-electron chi connectivity index (χ1n) is 5.91. The van der Waals surface area contributed by atoms with Crippen molar-refractivity contribution in [2.24, 2.45) is 5.41 Å². The van der Waals surface area contributed by atoms with Crippen molar-refractivity contribution in [3.05, 3.63) is 30.4 Å². The van der Waals surface area contributed by atoms with Crippen molar-refractivity contribution in [1.82, 2.24) is 19.9 Å². The normalized spacial score (nSPS) is 16.2. The number of carbonyl (C=O) groups is 2. The molecule has 98 valence electrons. The van der Waals surface area contributed by atoms with Crippen LogP contribution in [0.1, 0.15) is 23.2 Å². The van der Waals surface area contributed by atoms with E-state index in [2.05, 4.69) is 15.4 Å². The summed E-state index contributed by atoms with van der Waals surface area (Å²) in [5.41, 5.74) is 0.228. The second kappa shape index (κ2) is 4.04. The molecule has 2 heterocycles. The summed E-state index contributed by atoms with van der Waals surface area (Å²) in [6, 6.07) is 0. The Labute approximate surface area is 108 Å². The Bertz CT molecular complexity index is 660. The van der Waals surface area contributed by atoms with Gasteiger partial charge in [0.05, 0.1) is 28.9 Å². The zero-order chi connectivity index (χ0) is 13.5. The second-order valence-electron chi connectivity index (χ2n) is 4.73. The van der Waals surface area contributed by atoms with Gasteiger partial charge in [-0.2, -0.15) is 5.10 Å². The standard InChI is InChI=1S/C12H12N4O3/c17-10(14-7-12(1-2-12)11(18)19)8-5-15-16-4-3-13-6-9(8)16/h3-6H,1-2,7H2,(H,14,17)(H,18,19). The fourth-order valence-corrected chi connectivity index (χ4v) is 1.97. The van der Waals surface area contributed by atoms with E-state index < -0.39 is 11.4 Å². The molecule has 1 fully saturated rings. The minimum Gasteiger partial charge on any atom is -0.481 e. The average Bonchev–Trinajstić information content (AvgIpc) is 3.09. The van der Waals surface area contributed by atoms with E-state index in [1.807, 2.05) is 0 Å². The summed E-state index contributed by atoms with van der Waals surface area (Å²) >= 11 is 0. The van der Waals surface area contributed by atoms with Crippen LogP contribution < -0.4 is 5.32 Å². The summed E-state index contributed by atoms with van der Waals surface area (Å²) in [5.74, 6) is -1.18. The van der Waals surface area contributed by atoms with Gasteiger partial charge in [0.1, 0.15) is 0 Å². The summed E-state index contributed by atoms with van der Waals surface area (Å²) in [4.78, 5) is 27.0. The number of hydrogen-bond acceptors (Lipinski definition) is 4. The molecule has 0 unspecified atom stereocenters. The molecule has 2 N–H and O–H groups in total. The fraction of sp³-hybridized carbons (Fsp3) is 0.333. The van der Waals surface area contributed by atoms with Gasteiger partial charge in [0, 0.05) is 18.9 Å². The SMILES string of the molecule is O=C(NCC1(C(=O)O)CC1)c1cnn2ccncc12. The van der Waals surface area contributed by atoms with Crippen LogP contribution in [0.25, 0.3) is 5.52 Å². The topological polar surface area (TPSA) is 96.6 Å². The Morgan fingerprint density at radius 3 is 2.89 bits per heavy atom. The lowest BCUT2D eigenvalue weighted by Gasteiger charge is -2.10. The molecule has 2 aromatic heterocycles. The third kappa shape index (κ3) is 1.92. The molecule has 0 aliphatic heterocycles. The number of aromatic nitrogens is 3. The van der Waals surface area contributed by atoms with E-state index in [4.69, 9.17) is 5.11 Å². The van der Waals surface area contributed by atoms with E-state index in [9.17, 15) is 9.59 Å². The number of carboxylic acid groups (broad SMARTS) is 1. The second-order valence-corrected chi connectivity index (χ2v) is 4.73. The Hall–Kier alpha value is -2.44. The summed E-state index contributed by atoms with van der Waals surface area (Å²) < 4.78 is 1.55. The number of nitrogens with zero attached hydrogens (tertiary/aromatic N) is 3. The van der Waals surface area contributed by atoms with E-state index in [0.29, 0.717) is 23.9 Å².